The van der Waals surface area contributed by atoms with Crippen LogP contribution in [0.5, 0.6) is 0 Å². The molecule has 0 unspecified atom stereocenters. The molecule has 3 aromatic rings. The molecule has 0 fully saturated rings. The van der Waals surface area contributed by atoms with Gasteiger partial charge in [0.25, 0.3) is 0 Å². The Bertz CT molecular complexity index is 808. The van der Waals surface area contributed by atoms with Gasteiger partial charge in [-0.05, 0) is 34.7 Å². The number of fused-ring (bicyclic) bond motifs is 1. The highest BCUT2D eigenvalue weighted by atomic mass is 35.5. The van der Waals surface area contributed by atoms with Crippen LogP contribution in [0, 0.1) is 0 Å². The summed E-state index contributed by atoms with van der Waals surface area (Å²) < 4.78 is 7.16. The van der Waals surface area contributed by atoms with Crippen LogP contribution in [-0.2, 0) is 0 Å². The number of rotatable bonds is 2. The zero-order valence-electron chi connectivity index (χ0n) is 10.8. The van der Waals surface area contributed by atoms with Gasteiger partial charge in [0.2, 0.25) is 5.95 Å². The van der Waals surface area contributed by atoms with E-state index >= 15 is 0 Å². The number of hydrogen-bond acceptors (Lipinski definition) is 5. The summed E-state index contributed by atoms with van der Waals surface area (Å²) >= 11 is 6.27. The van der Waals surface area contributed by atoms with Crippen molar-refractivity contribution < 1.29 is 4.42 Å². The number of halogens is 1. The molecule has 1 aliphatic rings. The number of hydrogen-bond donors (Lipinski definition) is 1. The fourth-order valence-corrected chi connectivity index (χ4v) is 2.59. The van der Waals surface area contributed by atoms with Crippen LogP contribution < -0.4 is 5.32 Å². The molecule has 2 aromatic heterocycles. The first-order chi connectivity index (χ1) is 10.3. The molecule has 0 saturated carbocycles. The van der Waals surface area contributed by atoms with Gasteiger partial charge < -0.3 is 9.73 Å². The van der Waals surface area contributed by atoms with Crippen LogP contribution in [-0.4, -0.2) is 20.2 Å². The van der Waals surface area contributed by atoms with Crippen LogP contribution in [0.25, 0.3) is 5.70 Å². The van der Waals surface area contributed by atoms with Crippen molar-refractivity contribution in [2.45, 2.75) is 6.04 Å². The second kappa shape index (κ2) is 4.75. The van der Waals surface area contributed by atoms with E-state index in [1.54, 1.807) is 10.9 Å². The Morgan fingerprint density at radius 2 is 2.10 bits per heavy atom. The topological polar surface area (TPSA) is 68.8 Å². The maximum atomic E-state index is 6.27. The Hall–Kier alpha value is -2.60. The normalized spacial score (nSPS) is 17.0. The van der Waals surface area contributed by atoms with Gasteiger partial charge >= 0.3 is 0 Å². The Labute approximate surface area is 125 Å². The molecule has 6 nitrogen and oxygen atoms in total. The summed E-state index contributed by atoms with van der Waals surface area (Å²) in [6.45, 7) is 0. The summed E-state index contributed by atoms with van der Waals surface area (Å²) in [4.78, 5) is 0. The molecule has 104 valence electrons. The van der Waals surface area contributed by atoms with E-state index in [0.717, 1.165) is 17.0 Å². The smallest absolute Gasteiger partial charge is 0.248 e. The molecule has 0 bridgehead atoms. The number of furan rings is 1. The quantitative estimate of drug-likeness (QED) is 0.788. The van der Waals surface area contributed by atoms with Crippen molar-refractivity contribution in [3.05, 3.63) is 65.1 Å². The minimum atomic E-state index is -0.211. The zero-order chi connectivity index (χ0) is 14.2. The van der Waals surface area contributed by atoms with E-state index in [2.05, 4.69) is 20.8 Å². The fraction of sp³-hybridized carbons (Fsp3) is 0.0714. The maximum Gasteiger partial charge on any atom is 0.248 e. The number of tetrazole rings is 1. The minimum absolute atomic E-state index is 0.211. The third kappa shape index (κ3) is 2.00. The van der Waals surface area contributed by atoms with Crippen molar-refractivity contribution in [2.75, 3.05) is 5.32 Å². The lowest BCUT2D eigenvalue weighted by atomic mass is 10.1. The highest BCUT2D eigenvalue weighted by Gasteiger charge is 2.26. The van der Waals surface area contributed by atoms with Gasteiger partial charge in [0.15, 0.2) is 0 Å². The van der Waals surface area contributed by atoms with Gasteiger partial charge in [-0.15, -0.1) is 0 Å². The number of aromatic nitrogens is 4. The molecule has 7 heteroatoms. The summed E-state index contributed by atoms with van der Waals surface area (Å²) in [7, 11) is 0. The predicted molar refractivity (Wildman–Crippen MR) is 77.7 cm³/mol. The molecule has 3 heterocycles. The number of allylic oxidation sites excluding steroid dienone is 1. The number of nitrogens with zero attached hydrogens (tertiary/aromatic N) is 4. The first-order valence-electron chi connectivity index (χ1n) is 6.38. The largest absolute Gasteiger partial charge is 0.467 e. The first kappa shape index (κ1) is 12.2. The SMILES string of the molecule is Clc1ccccc1C1=C[C@H](c2ccco2)n2nnnc2N1. The molecular weight excluding hydrogens is 290 g/mol. The number of benzene rings is 1. The monoisotopic (exact) mass is 299 g/mol. The van der Waals surface area contributed by atoms with Crippen LogP contribution in [0.2, 0.25) is 5.02 Å². The Kier molecular flexibility index (Phi) is 2.75. The van der Waals surface area contributed by atoms with Crippen LogP contribution in [0.15, 0.2) is 53.2 Å². The van der Waals surface area contributed by atoms with Crippen LogP contribution in [0.3, 0.4) is 0 Å². The summed E-state index contributed by atoms with van der Waals surface area (Å²) in [5, 5.41) is 15.5. The summed E-state index contributed by atoms with van der Waals surface area (Å²) in [6, 6.07) is 11.1. The lowest BCUT2D eigenvalue weighted by molar-refractivity contribution is 0.443. The molecule has 0 radical (unpaired) electrons. The van der Waals surface area contributed by atoms with Crippen molar-refractivity contribution in [3.8, 4) is 0 Å². The van der Waals surface area contributed by atoms with E-state index in [0.29, 0.717) is 11.0 Å². The number of anilines is 1. The fourth-order valence-electron chi connectivity index (χ4n) is 2.35. The van der Waals surface area contributed by atoms with Crippen molar-refractivity contribution in [1.29, 1.82) is 0 Å². The molecular formula is C14H10ClN5O. The zero-order valence-corrected chi connectivity index (χ0v) is 11.5. The summed E-state index contributed by atoms with van der Waals surface area (Å²) in [5.41, 5.74) is 1.74. The first-order valence-corrected chi connectivity index (χ1v) is 6.76. The van der Waals surface area contributed by atoms with E-state index in [4.69, 9.17) is 16.0 Å². The van der Waals surface area contributed by atoms with Gasteiger partial charge in [0.05, 0.1) is 6.26 Å². The third-order valence-electron chi connectivity index (χ3n) is 3.33. The minimum Gasteiger partial charge on any atom is -0.467 e. The Balaban J connectivity index is 1.85. The Morgan fingerprint density at radius 3 is 2.90 bits per heavy atom. The van der Waals surface area contributed by atoms with Crippen molar-refractivity contribution in [1.82, 2.24) is 20.2 Å². The molecule has 1 aromatic carbocycles. The standard InChI is InChI=1S/C14H10ClN5O/c15-10-5-2-1-4-9(10)11-8-12(13-6-3-7-21-13)20-14(16-11)17-18-19-20/h1-8,12H,(H,16,17,19)/t12-/m1/s1. The molecule has 4 rings (SSSR count). The van der Waals surface area contributed by atoms with Gasteiger partial charge in [-0.1, -0.05) is 34.9 Å². The molecule has 21 heavy (non-hydrogen) atoms. The molecule has 0 spiro atoms. The second-order valence-electron chi connectivity index (χ2n) is 4.59. The lowest BCUT2D eigenvalue weighted by Gasteiger charge is -2.22. The van der Waals surface area contributed by atoms with E-state index in [1.807, 2.05) is 42.5 Å². The van der Waals surface area contributed by atoms with Crippen LogP contribution >= 0.6 is 11.6 Å². The van der Waals surface area contributed by atoms with Gasteiger partial charge in [-0.2, -0.15) is 4.68 Å². The number of nitrogens with one attached hydrogen (secondary N) is 1. The average molecular weight is 300 g/mol. The maximum absolute atomic E-state index is 6.27. The van der Waals surface area contributed by atoms with Gasteiger partial charge in [-0.25, -0.2) is 0 Å². The lowest BCUT2D eigenvalue weighted by Crippen LogP contribution is -2.20. The third-order valence-corrected chi connectivity index (χ3v) is 3.66. The summed E-state index contributed by atoms with van der Waals surface area (Å²) in [6.07, 6.45) is 3.62. The molecule has 0 amide bonds. The van der Waals surface area contributed by atoms with Crippen LogP contribution in [0.1, 0.15) is 17.4 Å². The van der Waals surface area contributed by atoms with E-state index < -0.39 is 0 Å². The van der Waals surface area contributed by atoms with Gasteiger partial charge in [0, 0.05) is 16.3 Å². The molecule has 1 N–H and O–H groups in total. The van der Waals surface area contributed by atoms with Crippen molar-refractivity contribution in [2.24, 2.45) is 0 Å². The molecule has 0 saturated heterocycles. The van der Waals surface area contributed by atoms with Crippen LogP contribution in [0.4, 0.5) is 5.95 Å². The van der Waals surface area contributed by atoms with Crippen molar-refractivity contribution >= 4 is 23.2 Å². The van der Waals surface area contributed by atoms with Gasteiger partial charge in [-0.3, -0.25) is 0 Å². The molecule has 1 atom stereocenters. The highest BCUT2D eigenvalue weighted by Crippen LogP contribution is 2.33. The highest BCUT2D eigenvalue weighted by molar-refractivity contribution is 6.32. The Morgan fingerprint density at radius 1 is 1.19 bits per heavy atom. The summed E-state index contributed by atoms with van der Waals surface area (Å²) in [5.74, 6) is 1.31. The van der Waals surface area contributed by atoms with E-state index in [9.17, 15) is 0 Å². The average Bonchev–Trinajstić information content (AvgIpc) is 3.18. The molecule has 0 aliphatic carbocycles. The van der Waals surface area contributed by atoms with Crippen molar-refractivity contribution in [3.63, 3.8) is 0 Å². The predicted octanol–water partition coefficient (Wildman–Crippen LogP) is 2.98. The van der Waals surface area contributed by atoms with E-state index in [-0.39, 0.29) is 6.04 Å². The van der Waals surface area contributed by atoms with Gasteiger partial charge in [0.1, 0.15) is 11.8 Å². The molecule has 1 aliphatic heterocycles. The van der Waals surface area contributed by atoms with E-state index in [1.165, 1.54) is 0 Å². The second-order valence-corrected chi connectivity index (χ2v) is 5.00.